The highest BCUT2D eigenvalue weighted by Gasteiger charge is 2.33. The summed E-state index contributed by atoms with van der Waals surface area (Å²) in [6.45, 7) is 4.09. The third-order valence-electron chi connectivity index (χ3n) is 4.23. The van der Waals surface area contributed by atoms with Gasteiger partial charge in [-0.15, -0.1) is 0 Å². The number of carbonyl (C=O) groups is 2. The average Bonchev–Trinajstić information content (AvgIpc) is 2.55. The van der Waals surface area contributed by atoms with Gasteiger partial charge in [-0.3, -0.25) is 9.59 Å². The monoisotopic (exact) mass is 293 g/mol. The van der Waals surface area contributed by atoms with Crippen molar-refractivity contribution < 1.29 is 9.59 Å². The van der Waals surface area contributed by atoms with Crippen molar-refractivity contribution >= 4 is 17.5 Å². The number of imide groups is 1. The van der Waals surface area contributed by atoms with Crippen LogP contribution in [-0.4, -0.2) is 11.8 Å². The molecule has 0 unspecified atom stereocenters. The number of benzene rings is 2. The van der Waals surface area contributed by atoms with Gasteiger partial charge in [-0.2, -0.15) is 0 Å². The zero-order chi connectivity index (χ0) is 15.7. The number of para-hydroxylation sites is 1. The Morgan fingerprint density at radius 1 is 0.909 bits per heavy atom. The Morgan fingerprint density at radius 3 is 2.18 bits per heavy atom. The number of carbonyl (C=O) groups excluding carboxylic acids is 2. The zero-order valence-corrected chi connectivity index (χ0v) is 12.9. The molecule has 2 aromatic rings. The van der Waals surface area contributed by atoms with Gasteiger partial charge in [-0.25, -0.2) is 4.90 Å². The van der Waals surface area contributed by atoms with Crippen LogP contribution in [0.5, 0.6) is 0 Å². The number of hydrogen-bond acceptors (Lipinski definition) is 2. The summed E-state index contributed by atoms with van der Waals surface area (Å²) in [5, 5.41) is 0. The number of fused-ring (bicyclic) bond motifs is 1. The van der Waals surface area contributed by atoms with Crippen LogP contribution in [-0.2, 0) is 24.1 Å². The highest BCUT2D eigenvalue weighted by molar-refractivity contribution is 6.25. The molecule has 2 aromatic carbocycles. The maximum Gasteiger partial charge on any atom is 0.265 e. The van der Waals surface area contributed by atoms with E-state index in [-0.39, 0.29) is 18.2 Å². The van der Waals surface area contributed by atoms with E-state index in [1.54, 1.807) is 6.07 Å². The number of rotatable bonds is 3. The SMILES string of the molecule is CCc1cccc(CC)c1N1C(=O)Cc2ccccc2C1=O. The van der Waals surface area contributed by atoms with Crippen molar-refractivity contribution in [1.82, 2.24) is 0 Å². The van der Waals surface area contributed by atoms with E-state index in [1.807, 2.05) is 50.2 Å². The van der Waals surface area contributed by atoms with Crippen LogP contribution in [0.15, 0.2) is 42.5 Å². The molecule has 0 bridgehead atoms. The van der Waals surface area contributed by atoms with E-state index < -0.39 is 0 Å². The van der Waals surface area contributed by atoms with Gasteiger partial charge in [-0.05, 0) is 35.6 Å². The first kappa shape index (κ1) is 14.5. The van der Waals surface area contributed by atoms with E-state index >= 15 is 0 Å². The van der Waals surface area contributed by atoms with Crippen molar-refractivity contribution in [1.29, 1.82) is 0 Å². The summed E-state index contributed by atoms with van der Waals surface area (Å²) >= 11 is 0. The lowest BCUT2D eigenvalue weighted by atomic mass is 9.95. The quantitative estimate of drug-likeness (QED) is 0.812. The highest BCUT2D eigenvalue weighted by atomic mass is 16.2. The van der Waals surface area contributed by atoms with Crippen LogP contribution < -0.4 is 4.90 Å². The fourth-order valence-electron chi connectivity index (χ4n) is 3.09. The Kier molecular flexibility index (Phi) is 3.80. The molecule has 3 nitrogen and oxygen atoms in total. The number of aryl methyl sites for hydroxylation is 2. The van der Waals surface area contributed by atoms with Crippen LogP contribution in [0.4, 0.5) is 5.69 Å². The van der Waals surface area contributed by atoms with Crippen LogP contribution in [0.2, 0.25) is 0 Å². The molecule has 0 fully saturated rings. The Morgan fingerprint density at radius 2 is 1.55 bits per heavy atom. The second kappa shape index (κ2) is 5.76. The zero-order valence-electron chi connectivity index (χ0n) is 12.9. The summed E-state index contributed by atoms with van der Waals surface area (Å²) in [6.07, 6.45) is 1.87. The molecule has 22 heavy (non-hydrogen) atoms. The minimum Gasteiger partial charge on any atom is -0.274 e. The first-order valence-corrected chi connectivity index (χ1v) is 7.73. The van der Waals surface area contributed by atoms with Gasteiger partial charge in [0.25, 0.3) is 5.91 Å². The summed E-state index contributed by atoms with van der Waals surface area (Å²) in [5.41, 5.74) is 4.33. The normalized spacial score (nSPS) is 14.2. The van der Waals surface area contributed by atoms with E-state index in [2.05, 4.69) is 0 Å². The maximum absolute atomic E-state index is 12.9. The molecule has 3 rings (SSSR count). The Labute approximate surface area is 130 Å². The fraction of sp³-hybridized carbons (Fsp3) is 0.263. The molecule has 1 aliphatic heterocycles. The van der Waals surface area contributed by atoms with E-state index in [4.69, 9.17) is 0 Å². The van der Waals surface area contributed by atoms with Gasteiger partial charge in [0, 0.05) is 5.56 Å². The molecule has 2 amide bonds. The van der Waals surface area contributed by atoms with Crippen LogP contribution in [0, 0.1) is 0 Å². The molecule has 0 aliphatic carbocycles. The van der Waals surface area contributed by atoms with E-state index in [1.165, 1.54) is 4.90 Å². The molecule has 0 N–H and O–H groups in total. The number of anilines is 1. The molecular formula is C19H19NO2. The van der Waals surface area contributed by atoms with E-state index in [0.717, 1.165) is 35.2 Å². The lowest BCUT2D eigenvalue weighted by molar-refractivity contribution is -0.117. The summed E-state index contributed by atoms with van der Waals surface area (Å²) in [6, 6.07) is 13.4. The predicted octanol–water partition coefficient (Wildman–Crippen LogP) is 3.54. The Hall–Kier alpha value is -2.42. The first-order valence-electron chi connectivity index (χ1n) is 7.73. The van der Waals surface area contributed by atoms with Gasteiger partial charge in [0.05, 0.1) is 12.1 Å². The van der Waals surface area contributed by atoms with Crippen molar-refractivity contribution in [2.75, 3.05) is 4.90 Å². The molecule has 0 atom stereocenters. The van der Waals surface area contributed by atoms with Gasteiger partial charge in [-0.1, -0.05) is 50.2 Å². The van der Waals surface area contributed by atoms with Gasteiger partial charge in [0.15, 0.2) is 0 Å². The fourth-order valence-corrected chi connectivity index (χ4v) is 3.09. The van der Waals surface area contributed by atoms with Crippen LogP contribution >= 0.6 is 0 Å². The number of amides is 2. The number of hydrogen-bond donors (Lipinski definition) is 0. The summed E-state index contributed by atoms with van der Waals surface area (Å²) in [5.74, 6) is -0.346. The maximum atomic E-state index is 12.9. The third-order valence-corrected chi connectivity index (χ3v) is 4.23. The van der Waals surface area contributed by atoms with Crippen LogP contribution in [0.25, 0.3) is 0 Å². The third kappa shape index (κ3) is 2.23. The molecular weight excluding hydrogens is 274 g/mol. The summed E-state index contributed by atoms with van der Waals surface area (Å²) < 4.78 is 0. The van der Waals surface area contributed by atoms with E-state index in [0.29, 0.717) is 5.56 Å². The predicted molar refractivity (Wildman–Crippen MR) is 87.2 cm³/mol. The minimum absolute atomic E-state index is 0.140. The lowest BCUT2D eigenvalue weighted by Crippen LogP contribution is -2.43. The van der Waals surface area contributed by atoms with Crippen molar-refractivity contribution in [3.8, 4) is 0 Å². The Bertz CT molecular complexity index is 727. The molecule has 0 saturated heterocycles. The van der Waals surface area contributed by atoms with Gasteiger partial charge in [0.2, 0.25) is 5.91 Å². The molecule has 1 heterocycles. The summed E-state index contributed by atoms with van der Waals surface area (Å²) in [4.78, 5) is 26.9. The lowest BCUT2D eigenvalue weighted by Gasteiger charge is -2.30. The second-order valence-electron chi connectivity index (χ2n) is 5.50. The van der Waals surface area contributed by atoms with Crippen molar-refractivity contribution in [3.63, 3.8) is 0 Å². The van der Waals surface area contributed by atoms with Crippen LogP contribution in [0.3, 0.4) is 0 Å². The highest BCUT2D eigenvalue weighted by Crippen LogP contribution is 2.32. The van der Waals surface area contributed by atoms with Crippen LogP contribution in [0.1, 0.15) is 40.9 Å². The smallest absolute Gasteiger partial charge is 0.265 e. The molecule has 1 aliphatic rings. The Balaban J connectivity index is 2.17. The molecule has 0 radical (unpaired) electrons. The molecule has 112 valence electrons. The van der Waals surface area contributed by atoms with E-state index in [9.17, 15) is 9.59 Å². The number of nitrogens with zero attached hydrogens (tertiary/aromatic N) is 1. The van der Waals surface area contributed by atoms with Crippen molar-refractivity contribution in [3.05, 3.63) is 64.7 Å². The van der Waals surface area contributed by atoms with Gasteiger partial charge >= 0.3 is 0 Å². The minimum atomic E-state index is -0.206. The van der Waals surface area contributed by atoms with Gasteiger partial charge in [0.1, 0.15) is 0 Å². The topological polar surface area (TPSA) is 37.4 Å². The van der Waals surface area contributed by atoms with Crippen molar-refractivity contribution in [2.24, 2.45) is 0 Å². The first-order chi connectivity index (χ1) is 10.7. The molecule has 3 heteroatoms. The molecule has 0 spiro atoms. The second-order valence-corrected chi connectivity index (χ2v) is 5.50. The molecule has 0 saturated carbocycles. The average molecular weight is 293 g/mol. The van der Waals surface area contributed by atoms with Gasteiger partial charge < -0.3 is 0 Å². The summed E-state index contributed by atoms with van der Waals surface area (Å²) in [7, 11) is 0. The van der Waals surface area contributed by atoms with Crippen molar-refractivity contribution in [2.45, 2.75) is 33.1 Å². The standard InChI is InChI=1S/C19H19NO2/c1-3-13-9-7-10-14(4-2)18(13)20-17(21)12-15-8-5-6-11-16(15)19(20)22/h5-11H,3-4,12H2,1-2H3. The molecule has 0 aromatic heterocycles. The largest absolute Gasteiger partial charge is 0.274 e.